The monoisotopic (exact) mass is 326 g/mol. The molecule has 1 aromatic heterocycles. The van der Waals surface area contributed by atoms with Crippen LogP contribution in [0.1, 0.15) is 37.1 Å². The van der Waals surface area contributed by atoms with Crippen LogP contribution in [-0.4, -0.2) is 50.8 Å². The summed E-state index contributed by atoms with van der Waals surface area (Å²) < 4.78 is 1.92. The third-order valence-electron chi connectivity index (χ3n) is 5.13. The lowest BCUT2D eigenvalue weighted by atomic mass is 10.0. The maximum Gasteiger partial charge on any atom is 0.165 e. The minimum absolute atomic E-state index is 0.696. The SMILES string of the molecule is c1ccc(Cn2nnnc2CN2CCC(NCC3CC3)CC2)cc1. The molecule has 0 atom stereocenters. The van der Waals surface area contributed by atoms with Crippen molar-refractivity contribution in [1.82, 2.24) is 30.4 Å². The van der Waals surface area contributed by atoms with Gasteiger partial charge >= 0.3 is 0 Å². The summed E-state index contributed by atoms with van der Waals surface area (Å²) in [7, 11) is 0. The van der Waals surface area contributed by atoms with Gasteiger partial charge in [0.1, 0.15) is 0 Å². The number of aromatic nitrogens is 4. The van der Waals surface area contributed by atoms with Crippen molar-refractivity contribution in [2.45, 2.75) is 44.8 Å². The van der Waals surface area contributed by atoms with Gasteiger partial charge in [-0.25, -0.2) is 4.68 Å². The summed E-state index contributed by atoms with van der Waals surface area (Å²) in [4.78, 5) is 2.47. The van der Waals surface area contributed by atoms with E-state index in [1.54, 1.807) is 0 Å². The zero-order valence-electron chi connectivity index (χ0n) is 14.1. The lowest BCUT2D eigenvalue weighted by Gasteiger charge is -2.32. The number of hydrogen-bond donors (Lipinski definition) is 1. The summed E-state index contributed by atoms with van der Waals surface area (Å²) in [6, 6.07) is 11.1. The molecule has 1 saturated heterocycles. The van der Waals surface area contributed by atoms with Gasteiger partial charge in [0.15, 0.2) is 5.82 Å². The Kier molecular flexibility index (Phi) is 4.85. The fourth-order valence-corrected chi connectivity index (χ4v) is 3.37. The van der Waals surface area contributed by atoms with Crippen molar-refractivity contribution in [3.8, 4) is 0 Å². The summed E-state index contributed by atoms with van der Waals surface area (Å²) in [5.41, 5.74) is 1.23. The van der Waals surface area contributed by atoms with Crippen molar-refractivity contribution >= 4 is 0 Å². The highest BCUT2D eigenvalue weighted by Crippen LogP contribution is 2.28. The van der Waals surface area contributed by atoms with Crippen LogP contribution in [0.5, 0.6) is 0 Å². The number of piperidine rings is 1. The topological polar surface area (TPSA) is 58.9 Å². The highest BCUT2D eigenvalue weighted by Gasteiger charge is 2.25. The van der Waals surface area contributed by atoms with E-state index >= 15 is 0 Å². The molecule has 2 fully saturated rings. The van der Waals surface area contributed by atoms with Crippen molar-refractivity contribution in [2.75, 3.05) is 19.6 Å². The second-order valence-electron chi connectivity index (χ2n) is 7.14. The molecule has 1 aromatic carbocycles. The lowest BCUT2D eigenvalue weighted by molar-refractivity contribution is 0.184. The molecule has 24 heavy (non-hydrogen) atoms. The zero-order chi connectivity index (χ0) is 16.2. The smallest absolute Gasteiger partial charge is 0.165 e. The summed E-state index contributed by atoms with van der Waals surface area (Å²) in [5.74, 6) is 1.92. The zero-order valence-corrected chi connectivity index (χ0v) is 14.1. The van der Waals surface area contributed by atoms with Gasteiger partial charge in [0.25, 0.3) is 0 Å². The lowest BCUT2D eigenvalue weighted by Crippen LogP contribution is -2.43. The number of nitrogens with zero attached hydrogens (tertiary/aromatic N) is 5. The van der Waals surface area contributed by atoms with E-state index in [9.17, 15) is 0 Å². The average Bonchev–Trinajstić information content (AvgIpc) is 3.36. The molecule has 1 saturated carbocycles. The molecule has 1 aliphatic heterocycles. The van der Waals surface area contributed by atoms with Gasteiger partial charge < -0.3 is 5.32 Å². The maximum atomic E-state index is 4.24. The van der Waals surface area contributed by atoms with Crippen molar-refractivity contribution in [3.63, 3.8) is 0 Å². The summed E-state index contributed by atoms with van der Waals surface area (Å²) in [6.45, 7) is 5.05. The first-order chi connectivity index (χ1) is 11.9. The first kappa shape index (κ1) is 15.7. The van der Waals surface area contributed by atoms with Crippen LogP contribution >= 0.6 is 0 Å². The van der Waals surface area contributed by atoms with Gasteiger partial charge in [-0.3, -0.25) is 4.90 Å². The second-order valence-corrected chi connectivity index (χ2v) is 7.14. The van der Waals surface area contributed by atoms with Crippen LogP contribution in [0.15, 0.2) is 30.3 Å². The minimum atomic E-state index is 0.696. The fourth-order valence-electron chi connectivity index (χ4n) is 3.37. The molecule has 0 unspecified atom stereocenters. The molecule has 6 nitrogen and oxygen atoms in total. The quantitative estimate of drug-likeness (QED) is 0.839. The molecule has 2 heterocycles. The van der Waals surface area contributed by atoms with E-state index in [-0.39, 0.29) is 0 Å². The van der Waals surface area contributed by atoms with Crippen LogP contribution in [0.4, 0.5) is 0 Å². The molecule has 1 N–H and O–H groups in total. The highest BCUT2D eigenvalue weighted by atomic mass is 15.5. The third-order valence-corrected chi connectivity index (χ3v) is 5.13. The Bertz CT molecular complexity index is 628. The molecule has 0 spiro atoms. The van der Waals surface area contributed by atoms with Crippen molar-refractivity contribution in [2.24, 2.45) is 5.92 Å². The number of tetrazole rings is 1. The Balaban J connectivity index is 1.28. The van der Waals surface area contributed by atoms with E-state index in [0.29, 0.717) is 6.04 Å². The molecule has 4 rings (SSSR count). The number of rotatable bonds is 7. The van der Waals surface area contributed by atoms with Crippen LogP contribution in [0, 0.1) is 5.92 Å². The third kappa shape index (κ3) is 4.19. The van der Waals surface area contributed by atoms with Crippen molar-refractivity contribution in [1.29, 1.82) is 0 Å². The Morgan fingerprint density at radius 1 is 1.00 bits per heavy atom. The predicted molar refractivity (Wildman–Crippen MR) is 92.4 cm³/mol. The molecular formula is C18H26N6. The second kappa shape index (κ2) is 7.40. The normalized spacial score (nSPS) is 19.7. The van der Waals surface area contributed by atoms with Gasteiger partial charge in [0, 0.05) is 19.1 Å². The standard InChI is InChI=1S/C18H26N6/c1-2-4-16(5-3-1)13-24-18(20-21-22-24)14-23-10-8-17(9-11-23)19-12-15-6-7-15/h1-5,15,17,19H,6-14H2. The molecule has 2 aliphatic rings. The maximum absolute atomic E-state index is 4.24. The molecule has 6 heteroatoms. The number of hydrogen-bond acceptors (Lipinski definition) is 5. The van der Waals surface area contributed by atoms with Gasteiger partial charge in [0.2, 0.25) is 0 Å². The van der Waals surface area contributed by atoms with Gasteiger partial charge in [-0.15, -0.1) is 5.10 Å². The first-order valence-corrected chi connectivity index (χ1v) is 9.11. The van der Waals surface area contributed by atoms with Crippen LogP contribution in [0.2, 0.25) is 0 Å². The Labute approximate surface area is 143 Å². The number of benzene rings is 1. The molecule has 0 radical (unpaired) electrons. The van der Waals surface area contributed by atoms with Crippen LogP contribution in [0.3, 0.4) is 0 Å². The molecule has 0 bridgehead atoms. The number of likely N-dealkylation sites (tertiary alicyclic amines) is 1. The van der Waals surface area contributed by atoms with E-state index in [1.807, 2.05) is 10.7 Å². The Hall–Kier alpha value is -1.79. The Morgan fingerprint density at radius 2 is 1.79 bits per heavy atom. The molecule has 128 valence electrons. The van der Waals surface area contributed by atoms with E-state index in [4.69, 9.17) is 0 Å². The summed E-state index contributed by atoms with van der Waals surface area (Å²) in [6.07, 6.45) is 5.31. The van der Waals surface area contributed by atoms with E-state index in [2.05, 4.69) is 50.0 Å². The van der Waals surface area contributed by atoms with E-state index in [0.717, 1.165) is 37.9 Å². The largest absolute Gasteiger partial charge is 0.314 e. The molecular weight excluding hydrogens is 300 g/mol. The van der Waals surface area contributed by atoms with Gasteiger partial charge in [-0.1, -0.05) is 30.3 Å². The van der Waals surface area contributed by atoms with E-state index in [1.165, 1.54) is 37.8 Å². The van der Waals surface area contributed by atoms with Crippen molar-refractivity contribution < 1.29 is 0 Å². The van der Waals surface area contributed by atoms with Gasteiger partial charge in [-0.2, -0.15) is 0 Å². The fraction of sp³-hybridized carbons (Fsp3) is 0.611. The van der Waals surface area contributed by atoms with Gasteiger partial charge in [-0.05, 0) is 54.1 Å². The van der Waals surface area contributed by atoms with Crippen molar-refractivity contribution in [3.05, 3.63) is 41.7 Å². The minimum Gasteiger partial charge on any atom is -0.314 e. The first-order valence-electron chi connectivity index (χ1n) is 9.11. The Morgan fingerprint density at radius 3 is 2.54 bits per heavy atom. The average molecular weight is 326 g/mol. The van der Waals surface area contributed by atoms with Crippen LogP contribution < -0.4 is 5.32 Å². The summed E-state index contributed by atoms with van der Waals surface area (Å²) >= 11 is 0. The molecule has 2 aromatic rings. The highest BCUT2D eigenvalue weighted by molar-refractivity contribution is 5.14. The van der Waals surface area contributed by atoms with Crippen LogP contribution in [0.25, 0.3) is 0 Å². The predicted octanol–water partition coefficient (Wildman–Crippen LogP) is 1.69. The number of nitrogens with one attached hydrogen (secondary N) is 1. The van der Waals surface area contributed by atoms with Gasteiger partial charge in [0.05, 0.1) is 13.1 Å². The summed E-state index contributed by atoms with van der Waals surface area (Å²) in [5, 5.41) is 16.0. The molecule has 1 aliphatic carbocycles. The van der Waals surface area contributed by atoms with E-state index < -0.39 is 0 Å². The van der Waals surface area contributed by atoms with Crippen LogP contribution in [-0.2, 0) is 13.1 Å². The molecule has 0 amide bonds.